The first-order valence-corrected chi connectivity index (χ1v) is 10.6. The maximum atomic E-state index is 13.1. The van der Waals surface area contributed by atoms with E-state index in [1.54, 1.807) is 6.20 Å². The monoisotopic (exact) mass is 395 g/mol. The number of hydrogen-bond donors (Lipinski definition) is 0. The number of amides is 2. The number of likely N-dealkylation sites (tertiary alicyclic amines) is 2. The molecule has 2 aliphatic rings. The van der Waals surface area contributed by atoms with E-state index in [1.807, 2.05) is 46.7 Å². The summed E-state index contributed by atoms with van der Waals surface area (Å²) >= 11 is 0. The van der Waals surface area contributed by atoms with Crippen LogP contribution in [0.5, 0.6) is 0 Å². The Morgan fingerprint density at radius 3 is 2.72 bits per heavy atom. The van der Waals surface area contributed by atoms with E-state index in [1.165, 1.54) is 0 Å². The van der Waals surface area contributed by atoms with Crippen molar-refractivity contribution in [1.82, 2.24) is 24.3 Å². The van der Waals surface area contributed by atoms with Gasteiger partial charge in [0.25, 0.3) is 0 Å². The van der Waals surface area contributed by atoms with Gasteiger partial charge in [-0.15, -0.1) is 0 Å². The van der Waals surface area contributed by atoms with Crippen molar-refractivity contribution in [3.05, 3.63) is 48.8 Å². The van der Waals surface area contributed by atoms with Gasteiger partial charge in [-0.25, -0.2) is 4.98 Å². The van der Waals surface area contributed by atoms with E-state index in [-0.39, 0.29) is 17.7 Å². The van der Waals surface area contributed by atoms with Crippen LogP contribution in [0.1, 0.15) is 31.4 Å². The van der Waals surface area contributed by atoms with Crippen LogP contribution >= 0.6 is 0 Å². The van der Waals surface area contributed by atoms with Crippen molar-refractivity contribution in [2.45, 2.75) is 38.6 Å². The molecule has 2 aliphatic heterocycles. The Morgan fingerprint density at radius 2 is 2.00 bits per heavy atom. The summed E-state index contributed by atoms with van der Waals surface area (Å²) in [6.45, 7) is 3.78. The number of piperidine rings is 2. The van der Waals surface area contributed by atoms with Crippen molar-refractivity contribution in [3.8, 4) is 0 Å². The summed E-state index contributed by atoms with van der Waals surface area (Å²) in [7, 11) is 0. The van der Waals surface area contributed by atoms with Crippen molar-refractivity contribution < 1.29 is 9.59 Å². The third kappa shape index (κ3) is 5.02. The molecule has 7 nitrogen and oxygen atoms in total. The zero-order chi connectivity index (χ0) is 20.1. The highest BCUT2D eigenvalue weighted by molar-refractivity contribution is 5.84. The summed E-state index contributed by atoms with van der Waals surface area (Å²) in [5, 5.41) is 0. The Morgan fingerprint density at radius 1 is 1.14 bits per heavy atom. The van der Waals surface area contributed by atoms with Gasteiger partial charge in [0.2, 0.25) is 11.8 Å². The summed E-state index contributed by atoms with van der Waals surface area (Å²) < 4.78 is 2.12. The second-order valence-electron chi connectivity index (χ2n) is 8.17. The lowest BCUT2D eigenvalue weighted by molar-refractivity contribution is -0.144. The third-order valence-corrected chi connectivity index (χ3v) is 6.17. The number of hydrogen-bond acceptors (Lipinski definition) is 4. The average molecular weight is 396 g/mol. The van der Waals surface area contributed by atoms with Gasteiger partial charge in [-0.05, 0) is 37.3 Å². The summed E-state index contributed by atoms with van der Waals surface area (Å²) in [5.41, 5.74) is 0.980. The van der Waals surface area contributed by atoms with E-state index >= 15 is 0 Å². The van der Waals surface area contributed by atoms with Gasteiger partial charge in [0.15, 0.2) is 0 Å². The number of pyridine rings is 1. The summed E-state index contributed by atoms with van der Waals surface area (Å²) in [6, 6.07) is 5.83. The molecule has 2 saturated heterocycles. The third-order valence-electron chi connectivity index (χ3n) is 6.17. The van der Waals surface area contributed by atoms with Crippen molar-refractivity contribution in [3.63, 3.8) is 0 Å². The van der Waals surface area contributed by atoms with Crippen molar-refractivity contribution in [2.75, 3.05) is 26.2 Å². The fourth-order valence-corrected chi connectivity index (χ4v) is 4.42. The summed E-state index contributed by atoms with van der Waals surface area (Å²) in [5.74, 6) is 0.906. The van der Waals surface area contributed by atoms with Crippen LogP contribution < -0.4 is 0 Å². The van der Waals surface area contributed by atoms with Crippen LogP contribution in [0, 0.1) is 11.8 Å². The van der Waals surface area contributed by atoms with Crippen LogP contribution in [-0.4, -0.2) is 62.3 Å². The van der Waals surface area contributed by atoms with Crippen molar-refractivity contribution in [2.24, 2.45) is 11.8 Å². The molecule has 2 fully saturated rings. The number of carbonyl (C=O) groups excluding carboxylic acids is 2. The van der Waals surface area contributed by atoms with Crippen LogP contribution in [0.15, 0.2) is 43.1 Å². The Balaban J connectivity index is 1.26. The first-order valence-electron chi connectivity index (χ1n) is 10.6. The molecular formula is C22H29N5O2. The van der Waals surface area contributed by atoms with Gasteiger partial charge in [0.1, 0.15) is 0 Å². The van der Waals surface area contributed by atoms with Crippen LogP contribution in [0.25, 0.3) is 0 Å². The molecule has 0 aromatic carbocycles. The maximum Gasteiger partial charge on any atom is 0.227 e. The number of rotatable bonds is 6. The molecule has 2 amide bonds. The van der Waals surface area contributed by atoms with Gasteiger partial charge in [-0.1, -0.05) is 6.07 Å². The molecular weight excluding hydrogens is 366 g/mol. The van der Waals surface area contributed by atoms with E-state index in [4.69, 9.17) is 0 Å². The zero-order valence-electron chi connectivity index (χ0n) is 16.8. The molecule has 7 heteroatoms. The minimum absolute atomic E-state index is 0.0679. The van der Waals surface area contributed by atoms with E-state index < -0.39 is 0 Å². The van der Waals surface area contributed by atoms with Gasteiger partial charge in [-0.3, -0.25) is 14.6 Å². The van der Waals surface area contributed by atoms with Gasteiger partial charge >= 0.3 is 0 Å². The quantitative estimate of drug-likeness (QED) is 0.750. The van der Waals surface area contributed by atoms with E-state index in [0.717, 1.165) is 44.6 Å². The first kappa shape index (κ1) is 19.6. The number of nitrogens with zero attached hydrogens (tertiary/aromatic N) is 5. The first-order chi connectivity index (χ1) is 14.2. The highest BCUT2D eigenvalue weighted by atomic mass is 16.2. The maximum absolute atomic E-state index is 13.1. The Hall–Kier alpha value is -2.70. The molecule has 29 heavy (non-hydrogen) atoms. The van der Waals surface area contributed by atoms with Crippen LogP contribution in [0.4, 0.5) is 0 Å². The molecule has 2 aromatic heterocycles. The molecule has 1 atom stereocenters. The lowest BCUT2D eigenvalue weighted by Gasteiger charge is -2.37. The SMILES string of the molecule is O=C1CC[C@H](C(=O)N2CCC(Cn3ccnc3)CC2)CN1CCc1ccccn1. The highest BCUT2D eigenvalue weighted by Gasteiger charge is 2.34. The predicted molar refractivity (Wildman–Crippen MR) is 109 cm³/mol. The molecule has 154 valence electrons. The normalized spacial score (nSPS) is 20.8. The molecule has 0 spiro atoms. The predicted octanol–water partition coefficient (Wildman–Crippen LogP) is 2.00. The molecule has 0 bridgehead atoms. The minimum Gasteiger partial charge on any atom is -0.342 e. The highest BCUT2D eigenvalue weighted by Crippen LogP contribution is 2.24. The Kier molecular flexibility index (Phi) is 6.22. The average Bonchev–Trinajstić information content (AvgIpc) is 3.27. The number of imidazole rings is 1. The lowest BCUT2D eigenvalue weighted by atomic mass is 9.92. The Labute approximate surface area is 171 Å². The van der Waals surface area contributed by atoms with Crippen LogP contribution in [-0.2, 0) is 22.6 Å². The fourth-order valence-electron chi connectivity index (χ4n) is 4.42. The second kappa shape index (κ2) is 9.20. The van der Waals surface area contributed by atoms with E-state index in [2.05, 4.69) is 14.5 Å². The molecule has 0 N–H and O–H groups in total. The van der Waals surface area contributed by atoms with E-state index in [9.17, 15) is 9.59 Å². The standard InChI is InChI=1S/C22H29N5O2/c28-21-5-4-19(16-27(21)13-8-20-3-1-2-9-24-20)22(29)26-11-6-18(7-12-26)15-25-14-10-23-17-25/h1-3,9-10,14,17-19H,4-8,11-13,15-16H2/t19-/m0/s1. The van der Waals surface area contributed by atoms with Crippen molar-refractivity contribution >= 4 is 11.8 Å². The number of carbonyl (C=O) groups is 2. The second-order valence-corrected chi connectivity index (χ2v) is 8.17. The number of aromatic nitrogens is 3. The molecule has 4 heterocycles. The van der Waals surface area contributed by atoms with Crippen molar-refractivity contribution in [1.29, 1.82) is 0 Å². The summed E-state index contributed by atoms with van der Waals surface area (Å²) in [4.78, 5) is 37.7. The molecule has 0 radical (unpaired) electrons. The largest absolute Gasteiger partial charge is 0.342 e. The van der Waals surface area contributed by atoms with Gasteiger partial charge in [-0.2, -0.15) is 0 Å². The summed E-state index contributed by atoms with van der Waals surface area (Å²) in [6.07, 6.45) is 11.4. The minimum atomic E-state index is -0.0679. The van der Waals surface area contributed by atoms with E-state index in [0.29, 0.717) is 31.8 Å². The smallest absolute Gasteiger partial charge is 0.227 e. The topological polar surface area (TPSA) is 71.3 Å². The molecule has 0 unspecified atom stereocenters. The molecule has 4 rings (SSSR count). The van der Waals surface area contributed by atoms with Gasteiger partial charge in [0.05, 0.1) is 12.2 Å². The van der Waals surface area contributed by atoms with Gasteiger partial charge in [0, 0.05) is 69.8 Å². The molecule has 0 saturated carbocycles. The lowest BCUT2D eigenvalue weighted by Crippen LogP contribution is -2.49. The zero-order valence-corrected chi connectivity index (χ0v) is 16.8. The molecule has 0 aliphatic carbocycles. The molecule has 2 aromatic rings. The Bertz CT molecular complexity index is 800. The van der Waals surface area contributed by atoms with Crippen LogP contribution in [0.2, 0.25) is 0 Å². The van der Waals surface area contributed by atoms with Gasteiger partial charge < -0.3 is 14.4 Å². The fraction of sp³-hybridized carbons (Fsp3) is 0.545. The van der Waals surface area contributed by atoms with Crippen LogP contribution in [0.3, 0.4) is 0 Å².